The van der Waals surface area contributed by atoms with Crippen LogP contribution in [0.4, 0.5) is 10.5 Å². The zero-order valence-corrected chi connectivity index (χ0v) is 18.0. The van der Waals surface area contributed by atoms with E-state index in [-0.39, 0.29) is 36.1 Å². The van der Waals surface area contributed by atoms with Crippen molar-refractivity contribution in [2.75, 3.05) is 13.2 Å². The first kappa shape index (κ1) is 22.0. The molecule has 0 saturated heterocycles. The summed E-state index contributed by atoms with van der Waals surface area (Å²) in [5, 5.41) is 13.9. The molecule has 0 aliphatic heterocycles. The van der Waals surface area contributed by atoms with Gasteiger partial charge in [-0.2, -0.15) is 0 Å². The van der Waals surface area contributed by atoms with Crippen molar-refractivity contribution in [3.05, 3.63) is 105 Å². The van der Waals surface area contributed by atoms with Crippen LogP contribution >= 0.6 is 0 Å². The maximum atomic E-state index is 12.2. The second kappa shape index (κ2) is 9.48. The SMILES string of the molecule is CC(=O)c1ccc(C=CCNC(=O)OCC2c3ccccc3-c3ccccc32)c([N+](=O)[O-])c1. The molecule has 3 aromatic carbocycles. The van der Waals surface area contributed by atoms with Crippen LogP contribution in [-0.4, -0.2) is 30.0 Å². The molecule has 0 aromatic heterocycles. The molecule has 33 heavy (non-hydrogen) atoms. The molecule has 0 radical (unpaired) electrons. The molecule has 1 aliphatic carbocycles. The van der Waals surface area contributed by atoms with Gasteiger partial charge in [-0.05, 0) is 35.2 Å². The summed E-state index contributed by atoms with van der Waals surface area (Å²) in [7, 11) is 0. The molecule has 7 heteroatoms. The van der Waals surface area contributed by atoms with Gasteiger partial charge in [0.05, 0.1) is 10.5 Å². The topological polar surface area (TPSA) is 98.5 Å². The maximum absolute atomic E-state index is 12.2. The van der Waals surface area contributed by atoms with Gasteiger partial charge >= 0.3 is 6.09 Å². The molecule has 0 spiro atoms. The fraction of sp³-hybridized carbons (Fsp3) is 0.154. The Labute approximate surface area is 190 Å². The summed E-state index contributed by atoms with van der Waals surface area (Å²) in [5.41, 5.74) is 5.03. The maximum Gasteiger partial charge on any atom is 0.407 e. The van der Waals surface area contributed by atoms with Crippen LogP contribution in [0, 0.1) is 10.1 Å². The van der Waals surface area contributed by atoms with Crippen molar-refractivity contribution in [2.45, 2.75) is 12.8 Å². The molecule has 7 nitrogen and oxygen atoms in total. The van der Waals surface area contributed by atoms with Gasteiger partial charge in [-0.3, -0.25) is 14.9 Å². The number of amides is 1. The smallest absolute Gasteiger partial charge is 0.407 e. The lowest BCUT2D eigenvalue weighted by Gasteiger charge is -2.14. The summed E-state index contributed by atoms with van der Waals surface area (Å²) in [6.45, 7) is 1.71. The molecule has 0 atom stereocenters. The Morgan fingerprint density at radius 3 is 2.27 bits per heavy atom. The van der Waals surface area contributed by atoms with Crippen LogP contribution in [0.2, 0.25) is 0 Å². The second-order valence-corrected chi connectivity index (χ2v) is 7.70. The predicted octanol–water partition coefficient (Wildman–Crippen LogP) is 5.35. The number of nitro benzene ring substituents is 1. The van der Waals surface area contributed by atoms with Crippen LogP contribution in [0.15, 0.2) is 72.8 Å². The third kappa shape index (κ3) is 4.67. The standard InChI is InChI=1S/C26H22N2O5/c1-17(29)19-13-12-18(25(15-19)28(31)32)7-6-14-27-26(30)33-16-24-22-10-4-2-8-20(22)21-9-3-5-11-23(21)24/h2-13,15,24H,14,16H2,1H3,(H,27,30). The molecular formula is C26H22N2O5. The van der Waals surface area contributed by atoms with Gasteiger partial charge in [0.15, 0.2) is 5.78 Å². The van der Waals surface area contributed by atoms with E-state index in [1.54, 1.807) is 6.08 Å². The van der Waals surface area contributed by atoms with E-state index in [0.717, 1.165) is 22.3 Å². The fourth-order valence-electron chi connectivity index (χ4n) is 4.04. The number of carbonyl (C=O) groups excluding carboxylic acids is 2. The summed E-state index contributed by atoms with van der Waals surface area (Å²) in [4.78, 5) is 34.4. The number of rotatable bonds is 7. The number of ether oxygens (including phenoxy) is 1. The lowest BCUT2D eigenvalue weighted by Crippen LogP contribution is -2.26. The van der Waals surface area contributed by atoms with Gasteiger partial charge in [-0.15, -0.1) is 0 Å². The van der Waals surface area contributed by atoms with Gasteiger partial charge in [0, 0.05) is 24.1 Å². The normalized spacial score (nSPS) is 12.3. The van der Waals surface area contributed by atoms with Crippen molar-refractivity contribution in [3.8, 4) is 11.1 Å². The van der Waals surface area contributed by atoms with Crippen molar-refractivity contribution in [3.63, 3.8) is 0 Å². The van der Waals surface area contributed by atoms with Gasteiger partial charge in [0.2, 0.25) is 0 Å². The largest absolute Gasteiger partial charge is 0.449 e. The summed E-state index contributed by atoms with van der Waals surface area (Å²) in [6, 6.07) is 20.5. The average Bonchev–Trinajstić information content (AvgIpc) is 3.14. The Morgan fingerprint density at radius 1 is 1.03 bits per heavy atom. The number of fused-ring (bicyclic) bond motifs is 3. The lowest BCUT2D eigenvalue weighted by molar-refractivity contribution is -0.385. The summed E-state index contributed by atoms with van der Waals surface area (Å²) >= 11 is 0. The minimum absolute atomic E-state index is 0.0267. The van der Waals surface area contributed by atoms with E-state index in [9.17, 15) is 19.7 Å². The molecule has 0 heterocycles. The molecule has 0 saturated carbocycles. The van der Waals surface area contributed by atoms with E-state index < -0.39 is 11.0 Å². The monoisotopic (exact) mass is 442 g/mol. The number of nitrogens with one attached hydrogen (secondary N) is 1. The molecular weight excluding hydrogens is 420 g/mol. The Balaban J connectivity index is 1.35. The van der Waals surface area contributed by atoms with Crippen LogP contribution in [-0.2, 0) is 4.74 Å². The Hall–Kier alpha value is -4.26. The Kier molecular flexibility index (Phi) is 6.31. The zero-order valence-electron chi connectivity index (χ0n) is 18.0. The van der Waals surface area contributed by atoms with E-state index in [0.29, 0.717) is 5.56 Å². The third-order valence-electron chi connectivity index (χ3n) is 5.64. The molecule has 4 rings (SSSR count). The highest BCUT2D eigenvalue weighted by molar-refractivity contribution is 5.95. The van der Waals surface area contributed by atoms with E-state index in [1.165, 1.54) is 31.2 Å². The Bertz CT molecular complexity index is 1220. The summed E-state index contributed by atoms with van der Waals surface area (Å²) in [5.74, 6) is -0.272. The molecule has 1 amide bonds. The van der Waals surface area contributed by atoms with Crippen molar-refractivity contribution >= 4 is 23.6 Å². The molecule has 0 bridgehead atoms. The number of hydrogen-bond donors (Lipinski definition) is 1. The van der Waals surface area contributed by atoms with Gasteiger partial charge in [0.25, 0.3) is 5.69 Å². The molecule has 0 unspecified atom stereocenters. The van der Waals surface area contributed by atoms with Crippen LogP contribution in [0.1, 0.15) is 39.9 Å². The highest BCUT2D eigenvalue weighted by Crippen LogP contribution is 2.44. The molecule has 166 valence electrons. The molecule has 1 N–H and O–H groups in total. The quantitative estimate of drug-likeness (QED) is 0.302. The summed E-state index contributed by atoms with van der Waals surface area (Å²) in [6.07, 6.45) is 2.56. The number of ketones is 1. The van der Waals surface area contributed by atoms with Gasteiger partial charge in [0.1, 0.15) is 6.61 Å². The number of alkyl carbamates (subject to hydrolysis) is 1. The van der Waals surface area contributed by atoms with Gasteiger partial charge in [-0.1, -0.05) is 66.7 Å². The molecule has 3 aromatic rings. The first-order valence-corrected chi connectivity index (χ1v) is 10.5. The molecule has 1 aliphatic rings. The molecule has 0 fully saturated rings. The first-order chi connectivity index (χ1) is 16.0. The fourth-order valence-corrected chi connectivity index (χ4v) is 4.04. The van der Waals surface area contributed by atoms with Crippen LogP contribution in [0.3, 0.4) is 0 Å². The average molecular weight is 442 g/mol. The minimum Gasteiger partial charge on any atom is -0.449 e. The van der Waals surface area contributed by atoms with Crippen LogP contribution in [0.5, 0.6) is 0 Å². The van der Waals surface area contributed by atoms with Gasteiger partial charge in [-0.25, -0.2) is 4.79 Å². The van der Waals surface area contributed by atoms with Gasteiger partial charge < -0.3 is 10.1 Å². The van der Waals surface area contributed by atoms with Crippen LogP contribution < -0.4 is 5.32 Å². The van der Waals surface area contributed by atoms with E-state index in [4.69, 9.17) is 4.74 Å². The predicted molar refractivity (Wildman–Crippen MR) is 125 cm³/mol. The number of hydrogen-bond acceptors (Lipinski definition) is 5. The van der Waals surface area contributed by atoms with Crippen molar-refractivity contribution < 1.29 is 19.2 Å². The summed E-state index contributed by atoms with van der Waals surface area (Å²) < 4.78 is 5.47. The highest BCUT2D eigenvalue weighted by atomic mass is 16.6. The van der Waals surface area contributed by atoms with Crippen LogP contribution in [0.25, 0.3) is 17.2 Å². The van der Waals surface area contributed by atoms with E-state index in [1.807, 2.05) is 36.4 Å². The Morgan fingerprint density at radius 2 is 1.67 bits per heavy atom. The number of carbonyl (C=O) groups is 2. The van der Waals surface area contributed by atoms with Crippen molar-refractivity contribution in [1.29, 1.82) is 0 Å². The number of nitrogens with zero attached hydrogens (tertiary/aromatic N) is 1. The highest BCUT2D eigenvalue weighted by Gasteiger charge is 2.28. The minimum atomic E-state index is -0.567. The van der Waals surface area contributed by atoms with E-state index >= 15 is 0 Å². The first-order valence-electron chi connectivity index (χ1n) is 10.5. The van der Waals surface area contributed by atoms with Crippen molar-refractivity contribution in [2.24, 2.45) is 0 Å². The van der Waals surface area contributed by atoms with Crippen molar-refractivity contribution in [1.82, 2.24) is 5.32 Å². The number of Topliss-reactive ketones (excluding diaryl/α,β-unsaturated/α-hetero) is 1. The number of benzene rings is 3. The zero-order chi connectivity index (χ0) is 23.4. The van der Waals surface area contributed by atoms with E-state index in [2.05, 4.69) is 17.4 Å². The number of nitro groups is 1. The second-order valence-electron chi connectivity index (χ2n) is 7.70. The third-order valence-corrected chi connectivity index (χ3v) is 5.64. The lowest BCUT2D eigenvalue weighted by atomic mass is 9.98.